The molecule has 0 amide bonds. The van der Waals surface area contributed by atoms with E-state index in [4.69, 9.17) is 10.4 Å². The number of carboxylic acids is 1. The molecule has 1 aliphatic rings. The molecule has 1 heterocycles. The molecule has 0 radical (unpaired) electrons. The fourth-order valence-corrected chi connectivity index (χ4v) is 2.75. The van der Waals surface area contributed by atoms with Gasteiger partial charge in [-0.1, -0.05) is 6.07 Å². The normalized spacial score (nSPS) is 16.6. The van der Waals surface area contributed by atoms with Crippen molar-refractivity contribution in [3.63, 3.8) is 0 Å². The fraction of sp³-hybridized carbons (Fsp3) is 0.500. The molecule has 1 aromatic rings. The third kappa shape index (κ3) is 4.54. The molecule has 0 aliphatic carbocycles. The van der Waals surface area contributed by atoms with Gasteiger partial charge in [0.05, 0.1) is 11.6 Å². The molecule has 112 valence electrons. The number of nitrogens with zero attached hydrogens (tertiary/aromatic N) is 2. The standard InChI is InChI=1S/C16H19FN2O2/c17-15-9-13(10-18)1-3-14(15)11-19-7-5-12(6-8-19)2-4-16(20)21/h1,3,9,12H,2,4-8,11H2,(H,20,21). The predicted molar refractivity (Wildman–Crippen MR) is 76.0 cm³/mol. The minimum Gasteiger partial charge on any atom is -0.481 e. The third-order valence-electron chi connectivity index (χ3n) is 4.05. The number of benzene rings is 1. The van der Waals surface area contributed by atoms with E-state index in [0.717, 1.165) is 32.4 Å². The summed E-state index contributed by atoms with van der Waals surface area (Å²) in [7, 11) is 0. The lowest BCUT2D eigenvalue weighted by molar-refractivity contribution is -0.137. The van der Waals surface area contributed by atoms with Gasteiger partial charge >= 0.3 is 5.97 Å². The highest BCUT2D eigenvalue weighted by Crippen LogP contribution is 2.23. The van der Waals surface area contributed by atoms with E-state index in [9.17, 15) is 9.18 Å². The molecule has 2 rings (SSSR count). The summed E-state index contributed by atoms with van der Waals surface area (Å²) < 4.78 is 13.8. The van der Waals surface area contributed by atoms with E-state index >= 15 is 0 Å². The Hall–Kier alpha value is -1.93. The Morgan fingerprint density at radius 2 is 2.14 bits per heavy atom. The summed E-state index contributed by atoms with van der Waals surface area (Å²) in [5, 5.41) is 17.4. The first-order valence-corrected chi connectivity index (χ1v) is 7.21. The highest BCUT2D eigenvalue weighted by molar-refractivity contribution is 5.66. The lowest BCUT2D eigenvalue weighted by atomic mass is 9.92. The molecule has 1 fully saturated rings. The lowest BCUT2D eigenvalue weighted by Gasteiger charge is -2.31. The van der Waals surface area contributed by atoms with Gasteiger partial charge in [-0.25, -0.2) is 4.39 Å². The molecule has 1 aromatic carbocycles. The van der Waals surface area contributed by atoms with Gasteiger partial charge in [-0.2, -0.15) is 5.26 Å². The topological polar surface area (TPSA) is 64.3 Å². The highest BCUT2D eigenvalue weighted by atomic mass is 19.1. The SMILES string of the molecule is N#Cc1ccc(CN2CCC(CCC(=O)O)CC2)c(F)c1. The van der Waals surface area contributed by atoms with Crippen LogP contribution in [0.25, 0.3) is 0 Å². The molecule has 0 atom stereocenters. The smallest absolute Gasteiger partial charge is 0.303 e. The largest absolute Gasteiger partial charge is 0.481 e. The van der Waals surface area contributed by atoms with E-state index in [1.54, 1.807) is 12.1 Å². The molecule has 21 heavy (non-hydrogen) atoms. The van der Waals surface area contributed by atoms with Gasteiger partial charge in [-0.15, -0.1) is 0 Å². The van der Waals surface area contributed by atoms with E-state index in [1.807, 2.05) is 6.07 Å². The van der Waals surface area contributed by atoms with Crippen LogP contribution < -0.4 is 0 Å². The fourth-order valence-electron chi connectivity index (χ4n) is 2.75. The first-order chi connectivity index (χ1) is 10.1. The van der Waals surface area contributed by atoms with Crippen molar-refractivity contribution < 1.29 is 14.3 Å². The molecule has 0 aromatic heterocycles. The van der Waals surface area contributed by atoms with E-state index < -0.39 is 5.97 Å². The van der Waals surface area contributed by atoms with Crippen molar-refractivity contribution in [3.05, 3.63) is 35.1 Å². The number of carboxylic acid groups (broad SMARTS) is 1. The molecule has 0 spiro atoms. The van der Waals surface area contributed by atoms with Gasteiger partial charge in [0.1, 0.15) is 5.82 Å². The zero-order chi connectivity index (χ0) is 15.2. The third-order valence-corrected chi connectivity index (χ3v) is 4.05. The molecule has 0 bridgehead atoms. The Morgan fingerprint density at radius 3 is 2.71 bits per heavy atom. The van der Waals surface area contributed by atoms with Crippen molar-refractivity contribution in [1.82, 2.24) is 4.90 Å². The number of carbonyl (C=O) groups is 1. The van der Waals surface area contributed by atoms with Gasteiger partial charge in [0.25, 0.3) is 0 Å². The summed E-state index contributed by atoms with van der Waals surface area (Å²) in [4.78, 5) is 12.7. The second kappa shape index (κ2) is 7.19. The molecular formula is C16H19FN2O2. The van der Waals surface area contributed by atoms with Crippen LogP contribution in [0, 0.1) is 23.1 Å². The summed E-state index contributed by atoms with van der Waals surface area (Å²) in [6.07, 6.45) is 2.89. The van der Waals surface area contributed by atoms with E-state index in [0.29, 0.717) is 23.6 Å². The highest BCUT2D eigenvalue weighted by Gasteiger charge is 2.20. The summed E-state index contributed by atoms with van der Waals surface area (Å²) in [6.45, 7) is 2.27. The van der Waals surface area contributed by atoms with Gasteiger partial charge in [-0.3, -0.25) is 9.69 Å². The van der Waals surface area contributed by atoms with E-state index in [-0.39, 0.29) is 12.2 Å². The number of piperidine rings is 1. The average molecular weight is 290 g/mol. The number of nitriles is 1. The van der Waals surface area contributed by atoms with Crippen LogP contribution in [0.3, 0.4) is 0 Å². The van der Waals surface area contributed by atoms with Crippen LogP contribution in [0.1, 0.15) is 36.8 Å². The Labute approximate surface area is 123 Å². The summed E-state index contributed by atoms with van der Waals surface area (Å²) >= 11 is 0. The van der Waals surface area contributed by atoms with Crippen LogP contribution in [0.2, 0.25) is 0 Å². The van der Waals surface area contributed by atoms with Gasteiger partial charge in [-0.05, 0) is 50.4 Å². The Morgan fingerprint density at radius 1 is 1.43 bits per heavy atom. The second-order valence-corrected chi connectivity index (χ2v) is 5.57. The van der Waals surface area contributed by atoms with Crippen LogP contribution >= 0.6 is 0 Å². The van der Waals surface area contributed by atoms with E-state index in [2.05, 4.69) is 4.90 Å². The molecule has 1 N–H and O–H groups in total. The number of rotatable bonds is 5. The first-order valence-electron chi connectivity index (χ1n) is 7.21. The van der Waals surface area contributed by atoms with E-state index in [1.165, 1.54) is 6.07 Å². The molecule has 1 aliphatic heterocycles. The van der Waals surface area contributed by atoms with Crippen molar-refractivity contribution in [1.29, 1.82) is 5.26 Å². The van der Waals surface area contributed by atoms with Gasteiger partial charge in [0.2, 0.25) is 0 Å². The van der Waals surface area contributed by atoms with Crippen LogP contribution in [0.15, 0.2) is 18.2 Å². The monoisotopic (exact) mass is 290 g/mol. The quantitative estimate of drug-likeness (QED) is 0.905. The minimum atomic E-state index is -0.739. The Bertz CT molecular complexity index is 546. The van der Waals surface area contributed by atoms with Crippen molar-refractivity contribution >= 4 is 5.97 Å². The zero-order valence-corrected chi connectivity index (χ0v) is 11.9. The average Bonchev–Trinajstić information content (AvgIpc) is 2.48. The Kier molecular flexibility index (Phi) is 5.29. The molecule has 5 heteroatoms. The lowest BCUT2D eigenvalue weighted by Crippen LogP contribution is -2.33. The number of likely N-dealkylation sites (tertiary alicyclic amines) is 1. The summed E-state index contributed by atoms with van der Waals surface area (Å²) in [6, 6.07) is 6.51. The molecule has 0 unspecified atom stereocenters. The van der Waals surface area contributed by atoms with Crippen LogP contribution in [0.5, 0.6) is 0 Å². The maximum atomic E-state index is 13.8. The zero-order valence-electron chi connectivity index (χ0n) is 11.9. The molecule has 0 saturated carbocycles. The van der Waals surface area contributed by atoms with Gasteiger partial charge in [0.15, 0.2) is 0 Å². The van der Waals surface area contributed by atoms with Gasteiger partial charge < -0.3 is 5.11 Å². The number of hydrogen-bond donors (Lipinski definition) is 1. The summed E-state index contributed by atoms with van der Waals surface area (Å²) in [5.41, 5.74) is 0.946. The Balaban J connectivity index is 1.83. The van der Waals surface area contributed by atoms with Crippen LogP contribution in [-0.4, -0.2) is 29.1 Å². The maximum Gasteiger partial charge on any atom is 0.303 e. The second-order valence-electron chi connectivity index (χ2n) is 5.57. The van der Waals surface area contributed by atoms with Crippen molar-refractivity contribution in [3.8, 4) is 6.07 Å². The first kappa shape index (κ1) is 15.5. The predicted octanol–water partition coefficient (Wildman–Crippen LogP) is 2.77. The number of hydrogen-bond acceptors (Lipinski definition) is 3. The molecule has 1 saturated heterocycles. The number of halogens is 1. The van der Waals surface area contributed by atoms with Gasteiger partial charge in [0, 0.05) is 18.5 Å². The molecular weight excluding hydrogens is 271 g/mol. The summed E-state index contributed by atoms with van der Waals surface area (Å²) in [5.74, 6) is -0.609. The number of aliphatic carboxylic acids is 1. The van der Waals surface area contributed by atoms with Crippen molar-refractivity contribution in [2.45, 2.75) is 32.2 Å². The van der Waals surface area contributed by atoms with Crippen LogP contribution in [0.4, 0.5) is 4.39 Å². The molecule has 4 nitrogen and oxygen atoms in total. The minimum absolute atomic E-state index is 0.231. The van der Waals surface area contributed by atoms with Crippen molar-refractivity contribution in [2.24, 2.45) is 5.92 Å². The maximum absolute atomic E-state index is 13.8. The van der Waals surface area contributed by atoms with Crippen molar-refractivity contribution in [2.75, 3.05) is 13.1 Å². The van der Waals surface area contributed by atoms with Crippen LogP contribution in [-0.2, 0) is 11.3 Å².